The topological polar surface area (TPSA) is 68.5 Å². The lowest BCUT2D eigenvalue weighted by Gasteiger charge is -2.07. The number of hydrogen-bond donors (Lipinski definition) is 1. The highest BCUT2D eigenvalue weighted by atomic mass is 35.5. The molecule has 6 nitrogen and oxygen atoms in total. The molecule has 0 aliphatic carbocycles. The van der Waals surface area contributed by atoms with Gasteiger partial charge in [0.15, 0.2) is 5.16 Å². The fourth-order valence-electron chi connectivity index (χ4n) is 1.62. The van der Waals surface area contributed by atoms with Crippen LogP contribution in [0.4, 0.5) is 5.95 Å². The first-order chi connectivity index (χ1) is 10.3. The van der Waals surface area contributed by atoms with Crippen LogP contribution in [0.25, 0.3) is 5.95 Å². The van der Waals surface area contributed by atoms with Gasteiger partial charge in [-0.1, -0.05) is 23.7 Å². The third-order valence-corrected chi connectivity index (χ3v) is 3.98. The van der Waals surface area contributed by atoms with E-state index in [-0.39, 0.29) is 0 Å². The van der Waals surface area contributed by atoms with E-state index in [0.717, 1.165) is 4.90 Å². The summed E-state index contributed by atoms with van der Waals surface area (Å²) in [7, 11) is 1.76. The molecule has 0 aliphatic heterocycles. The highest BCUT2D eigenvalue weighted by molar-refractivity contribution is 7.99. The number of benzene rings is 1. The predicted octanol–water partition coefficient (Wildman–Crippen LogP) is 2.90. The van der Waals surface area contributed by atoms with E-state index in [1.807, 2.05) is 24.3 Å². The van der Waals surface area contributed by atoms with E-state index < -0.39 is 0 Å². The zero-order valence-electron chi connectivity index (χ0n) is 11.1. The zero-order valence-corrected chi connectivity index (χ0v) is 12.6. The first-order valence-corrected chi connectivity index (χ1v) is 7.30. The molecule has 0 saturated heterocycles. The van der Waals surface area contributed by atoms with Gasteiger partial charge in [0.05, 0.1) is 5.02 Å². The molecular weight excluding hydrogens is 308 g/mol. The summed E-state index contributed by atoms with van der Waals surface area (Å²) >= 11 is 7.55. The molecule has 3 rings (SSSR count). The largest absolute Gasteiger partial charge is 0.357 e. The monoisotopic (exact) mass is 318 g/mol. The number of aromatic nitrogens is 5. The van der Waals surface area contributed by atoms with Gasteiger partial charge in [-0.05, 0) is 23.9 Å². The molecule has 1 N–H and O–H groups in total. The van der Waals surface area contributed by atoms with Gasteiger partial charge in [-0.2, -0.15) is 15.0 Å². The molecule has 0 amide bonds. The van der Waals surface area contributed by atoms with Crippen LogP contribution < -0.4 is 5.32 Å². The second-order valence-electron chi connectivity index (χ2n) is 3.99. The van der Waals surface area contributed by atoms with Crippen LogP contribution in [0.5, 0.6) is 0 Å². The van der Waals surface area contributed by atoms with Gasteiger partial charge in [0, 0.05) is 24.3 Å². The Kier molecular flexibility index (Phi) is 4.03. The Morgan fingerprint density at radius 1 is 1.19 bits per heavy atom. The van der Waals surface area contributed by atoms with Crippen molar-refractivity contribution in [3.63, 3.8) is 0 Å². The van der Waals surface area contributed by atoms with Gasteiger partial charge < -0.3 is 5.32 Å². The van der Waals surface area contributed by atoms with Gasteiger partial charge in [0.25, 0.3) is 0 Å². The normalized spacial score (nSPS) is 10.6. The summed E-state index contributed by atoms with van der Waals surface area (Å²) in [6.45, 7) is 0. The number of anilines is 1. The molecule has 0 aliphatic rings. The van der Waals surface area contributed by atoms with Crippen LogP contribution in [0.1, 0.15) is 0 Å². The van der Waals surface area contributed by atoms with Gasteiger partial charge in [0.2, 0.25) is 11.9 Å². The van der Waals surface area contributed by atoms with Crippen molar-refractivity contribution in [2.45, 2.75) is 10.1 Å². The lowest BCUT2D eigenvalue weighted by Crippen LogP contribution is -2.06. The molecule has 0 bridgehead atoms. The summed E-state index contributed by atoms with van der Waals surface area (Å²) in [4.78, 5) is 18.0. The van der Waals surface area contributed by atoms with E-state index in [0.29, 0.717) is 22.1 Å². The molecule has 0 spiro atoms. The lowest BCUT2D eigenvalue weighted by molar-refractivity contribution is 0.828. The smallest absolute Gasteiger partial charge is 0.240 e. The van der Waals surface area contributed by atoms with Crippen LogP contribution in [-0.2, 0) is 0 Å². The van der Waals surface area contributed by atoms with Crippen LogP contribution in [-0.4, -0.2) is 31.6 Å². The maximum atomic E-state index is 6.16. The first-order valence-electron chi connectivity index (χ1n) is 6.11. The quantitative estimate of drug-likeness (QED) is 0.797. The van der Waals surface area contributed by atoms with Crippen LogP contribution in [0.3, 0.4) is 0 Å². The fourth-order valence-corrected chi connectivity index (χ4v) is 2.64. The van der Waals surface area contributed by atoms with Crippen molar-refractivity contribution in [2.24, 2.45) is 0 Å². The molecule has 21 heavy (non-hydrogen) atoms. The molecular formula is C13H11ClN6S. The van der Waals surface area contributed by atoms with Crippen LogP contribution in [0, 0.1) is 0 Å². The van der Waals surface area contributed by atoms with E-state index in [2.05, 4.69) is 25.3 Å². The van der Waals surface area contributed by atoms with Crippen molar-refractivity contribution in [1.29, 1.82) is 0 Å². The van der Waals surface area contributed by atoms with Crippen LogP contribution >= 0.6 is 23.4 Å². The van der Waals surface area contributed by atoms with Crippen LogP contribution in [0.2, 0.25) is 5.02 Å². The number of halogens is 1. The van der Waals surface area contributed by atoms with Crippen molar-refractivity contribution >= 4 is 29.3 Å². The number of rotatable bonds is 4. The molecule has 3 aromatic rings. The Labute approximate surface area is 130 Å². The molecule has 0 atom stereocenters. The third-order valence-electron chi connectivity index (χ3n) is 2.60. The average Bonchev–Trinajstić information content (AvgIpc) is 3.04. The summed E-state index contributed by atoms with van der Waals surface area (Å²) in [6.07, 6.45) is 5.08. The minimum absolute atomic E-state index is 0.489. The number of hydrogen-bond acceptors (Lipinski definition) is 6. The minimum atomic E-state index is 0.489. The Morgan fingerprint density at radius 3 is 2.76 bits per heavy atom. The molecule has 0 fully saturated rings. The number of nitrogens with zero attached hydrogens (tertiary/aromatic N) is 5. The Morgan fingerprint density at radius 2 is 2.05 bits per heavy atom. The van der Waals surface area contributed by atoms with Crippen molar-refractivity contribution < 1.29 is 0 Å². The number of nitrogens with one attached hydrogen (secondary N) is 1. The Hall–Kier alpha value is -2.12. The highest BCUT2D eigenvalue weighted by Gasteiger charge is 2.10. The Balaban J connectivity index is 1.99. The van der Waals surface area contributed by atoms with Crippen molar-refractivity contribution in [3.05, 3.63) is 48.0 Å². The van der Waals surface area contributed by atoms with Gasteiger partial charge >= 0.3 is 0 Å². The van der Waals surface area contributed by atoms with E-state index in [9.17, 15) is 0 Å². The highest BCUT2D eigenvalue weighted by Crippen LogP contribution is 2.31. The molecule has 0 radical (unpaired) electrons. The maximum absolute atomic E-state index is 6.16. The maximum Gasteiger partial charge on any atom is 0.240 e. The molecule has 106 valence electrons. The van der Waals surface area contributed by atoms with E-state index >= 15 is 0 Å². The van der Waals surface area contributed by atoms with Gasteiger partial charge in [-0.25, -0.2) is 4.98 Å². The van der Waals surface area contributed by atoms with Gasteiger partial charge in [-0.3, -0.25) is 4.57 Å². The minimum Gasteiger partial charge on any atom is -0.357 e. The van der Waals surface area contributed by atoms with E-state index in [4.69, 9.17) is 11.6 Å². The summed E-state index contributed by atoms with van der Waals surface area (Å²) in [5.74, 6) is 0.990. The van der Waals surface area contributed by atoms with E-state index in [1.165, 1.54) is 11.8 Å². The second kappa shape index (κ2) is 6.11. The molecule has 0 saturated carbocycles. The van der Waals surface area contributed by atoms with E-state index in [1.54, 1.807) is 30.3 Å². The van der Waals surface area contributed by atoms with Gasteiger partial charge in [0.1, 0.15) is 6.33 Å². The average molecular weight is 319 g/mol. The molecule has 8 heteroatoms. The van der Waals surface area contributed by atoms with Crippen molar-refractivity contribution in [2.75, 3.05) is 12.4 Å². The van der Waals surface area contributed by atoms with Crippen LogP contribution in [0.15, 0.2) is 53.0 Å². The number of imidazole rings is 1. The second-order valence-corrected chi connectivity index (χ2v) is 5.41. The molecule has 0 unspecified atom stereocenters. The lowest BCUT2D eigenvalue weighted by atomic mass is 10.4. The summed E-state index contributed by atoms with van der Waals surface area (Å²) in [6, 6.07) is 7.56. The summed E-state index contributed by atoms with van der Waals surface area (Å²) in [5.41, 5.74) is 0. The fraction of sp³-hybridized carbons (Fsp3) is 0.0769. The predicted molar refractivity (Wildman–Crippen MR) is 82.1 cm³/mol. The molecule has 1 aromatic carbocycles. The van der Waals surface area contributed by atoms with Crippen molar-refractivity contribution in [3.8, 4) is 5.95 Å². The SMILES string of the molecule is CNc1nc(Sc2ccccc2Cl)nc(-n2ccnc2)n1. The molecule has 2 heterocycles. The first kappa shape index (κ1) is 13.8. The third kappa shape index (κ3) is 3.14. The van der Waals surface area contributed by atoms with Gasteiger partial charge in [-0.15, -0.1) is 0 Å². The summed E-state index contributed by atoms with van der Waals surface area (Å²) < 4.78 is 1.72. The summed E-state index contributed by atoms with van der Waals surface area (Å²) in [5, 5.41) is 4.15. The Bertz CT molecular complexity index is 746. The van der Waals surface area contributed by atoms with Crippen molar-refractivity contribution in [1.82, 2.24) is 24.5 Å². The molecule has 2 aromatic heterocycles. The standard InChI is InChI=1S/C13H11ClN6S/c1-15-11-17-12(20-7-6-16-8-20)19-13(18-11)21-10-5-3-2-4-9(10)14/h2-8H,1H3,(H,15,17,18,19). The zero-order chi connectivity index (χ0) is 14.7.